The largest absolute Gasteiger partial charge is 0.398 e. The van der Waals surface area contributed by atoms with E-state index in [9.17, 15) is 8.42 Å². The van der Waals surface area contributed by atoms with E-state index in [2.05, 4.69) is 9.97 Å². The Labute approximate surface area is 112 Å². The Morgan fingerprint density at radius 3 is 2.79 bits per heavy atom. The van der Waals surface area contributed by atoms with Gasteiger partial charge in [0.05, 0.1) is 11.4 Å². The summed E-state index contributed by atoms with van der Waals surface area (Å²) in [5.41, 5.74) is 6.78. The van der Waals surface area contributed by atoms with Crippen molar-refractivity contribution < 1.29 is 8.42 Å². The molecule has 7 heteroatoms. The summed E-state index contributed by atoms with van der Waals surface area (Å²) >= 11 is 0. The molecule has 1 aromatic carbocycles. The van der Waals surface area contributed by atoms with Gasteiger partial charge in [0, 0.05) is 25.1 Å². The van der Waals surface area contributed by atoms with Crippen molar-refractivity contribution in [1.82, 2.24) is 14.3 Å². The molecule has 0 spiro atoms. The van der Waals surface area contributed by atoms with Gasteiger partial charge in [0.25, 0.3) is 0 Å². The topological polar surface area (TPSA) is 92.1 Å². The third-order valence-corrected chi connectivity index (χ3v) is 4.89. The number of hydrogen-bond acceptors (Lipinski definition) is 4. The molecule has 1 aromatic heterocycles. The van der Waals surface area contributed by atoms with Crippen LogP contribution < -0.4 is 5.73 Å². The SMILES string of the molecule is Cc1c(N)cccc1S(=O)(=O)N(C)Cc1ncc[nH]1. The Balaban J connectivity index is 2.34. The Morgan fingerprint density at radius 1 is 1.42 bits per heavy atom. The Hall–Kier alpha value is -1.86. The molecule has 0 radical (unpaired) electrons. The van der Waals surface area contributed by atoms with Crippen LogP contribution in [0.1, 0.15) is 11.4 Å². The molecule has 0 aliphatic rings. The quantitative estimate of drug-likeness (QED) is 0.821. The smallest absolute Gasteiger partial charge is 0.243 e. The molecule has 1 heterocycles. The van der Waals surface area contributed by atoms with Gasteiger partial charge in [-0.2, -0.15) is 4.31 Å². The molecule has 0 amide bonds. The number of benzene rings is 1. The fourth-order valence-electron chi connectivity index (χ4n) is 1.76. The van der Waals surface area contributed by atoms with E-state index >= 15 is 0 Å². The molecule has 2 aromatic rings. The molecule has 0 unspecified atom stereocenters. The van der Waals surface area contributed by atoms with E-state index in [1.54, 1.807) is 37.5 Å². The van der Waals surface area contributed by atoms with Crippen molar-refractivity contribution in [2.24, 2.45) is 0 Å². The van der Waals surface area contributed by atoms with Crippen LogP contribution in [-0.4, -0.2) is 29.7 Å². The second-order valence-corrected chi connectivity index (χ2v) is 6.28. The van der Waals surface area contributed by atoms with Gasteiger partial charge >= 0.3 is 0 Å². The highest BCUT2D eigenvalue weighted by atomic mass is 32.2. The van der Waals surface area contributed by atoms with Gasteiger partial charge in [-0.25, -0.2) is 13.4 Å². The Kier molecular flexibility index (Phi) is 3.59. The molecule has 6 nitrogen and oxygen atoms in total. The maximum Gasteiger partial charge on any atom is 0.243 e. The highest BCUT2D eigenvalue weighted by Crippen LogP contribution is 2.23. The molecule has 3 N–H and O–H groups in total. The summed E-state index contributed by atoms with van der Waals surface area (Å²) in [5, 5.41) is 0. The summed E-state index contributed by atoms with van der Waals surface area (Å²) in [5.74, 6) is 0.590. The molecular formula is C12H16N4O2S. The minimum absolute atomic E-state index is 0.184. The summed E-state index contributed by atoms with van der Waals surface area (Å²) in [4.78, 5) is 7.12. The molecule has 0 saturated heterocycles. The van der Waals surface area contributed by atoms with E-state index < -0.39 is 10.0 Å². The van der Waals surface area contributed by atoms with Gasteiger partial charge < -0.3 is 10.7 Å². The lowest BCUT2D eigenvalue weighted by Gasteiger charge is -2.18. The maximum absolute atomic E-state index is 12.5. The van der Waals surface area contributed by atoms with Crippen LogP contribution in [0, 0.1) is 6.92 Å². The molecule has 0 atom stereocenters. The van der Waals surface area contributed by atoms with Gasteiger partial charge in [-0.3, -0.25) is 0 Å². The summed E-state index contributed by atoms with van der Waals surface area (Å²) in [6.45, 7) is 1.88. The predicted molar refractivity (Wildman–Crippen MR) is 72.8 cm³/mol. The molecule has 0 aliphatic heterocycles. The average Bonchev–Trinajstić information content (AvgIpc) is 2.85. The summed E-state index contributed by atoms with van der Waals surface area (Å²) in [6.07, 6.45) is 3.24. The highest BCUT2D eigenvalue weighted by molar-refractivity contribution is 7.89. The van der Waals surface area contributed by atoms with Crippen molar-refractivity contribution in [2.75, 3.05) is 12.8 Å². The first-order valence-corrected chi connectivity index (χ1v) is 7.16. The first-order chi connectivity index (χ1) is 8.93. The molecule has 0 fully saturated rings. The van der Waals surface area contributed by atoms with Crippen LogP contribution in [0.5, 0.6) is 0 Å². The van der Waals surface area contributed by atoms with Crippen molar-refractivity contribution in [2.45, 2.75) is 18.4 Å². The molecule has 19 heavy (non-hydrogen) atoms. The van der Waals surface area contributed by atoms with Gasteiger partial charge in [0.2, 0.25) is 10.0 Å². The summed E-state index contributed by atoms with van der Waals surface area (Å²) in [7, 11) is -2.06. The van der Waals surface area contributed by atoms with Crippen LogP contribution in [0.2, 0.25) is 0 Å². The lowest BCUT2D eigenvalue weighted by Crippen LogP contribution is -2.27. The van der Waals surface area contributed by atoms with E-state index in [1.807, 2.05) is 0 Å². The predicted octanol–water partition coefficient (Wildman–Crippen LogP) is 1.12. The molecule has 102 valence electrons. The maximum atomic E-state index is 12.5. The number of aromatic amines is 1. The van der Waals surface area contributed by atoms with Gasteiger partial charge in [-0.15, -0.1) is 0 Å². The van der Waals surface area contributed by atoms with Crippen LogP contribution in [0.15, 0.2) is 35.5 Å². The number of imidazole rings is 1. The third-order valence-electron chi connectivity index (χ3n) is 2.94. The van der Waals surface area contributed by atoms with Crippen LogP contribution >= 0.6 is 0 Å². The molecule has 0 bridgehead atoms. The minimum atomic E-state index is -3.57. The average molecular weight is 280 g/mol. The number of aromatic nitrogens is 2. The van der Waals surface area contributed by atoms with Crippen molar-refractivity contribution in [1.29, 1.82) is 0 Å². The lowest BCUT2D eigenvalue weighted by molar-refractivity contribution is 0.458. The number of hydrogen-bond donors (Lipinski definition) is 2. The van der Waals surface area contributed by atoms with Crippen molar-refractivity contribution >= 4 is 15.7 Å². The molecule has 2 rings (SSSR count). The molecule has 0 aliphatic carbocycles. The van der Waals surface area contributed by atoms with E-state index in [-0.39, 0.29) is 11.4 Å². The van der Waals surface area contributed by atoms with E-state index in [0.717, 1.165) is 0 Å². The monoisotopic (exact) mass is 280 g/mol. The number of rotatable bonds is 4. The number of sulfonamides is 1. The Morgan fingerprint density at radius 2 is 2.16 bits per heavy atom. The fraction of sp³-hybridized carbons (Fsp3) is 0.250. The third kappa shape index (κ3) is 2.61. The van der Waals surface area contributed by atoms with Crippen LogP contribution in [0.25, 0.3) is 0 Å². The van der Waals surface area contributed by atoms with Crippen molar-refractivity contribution in [3.05, 3.63) is 42.0 Å². The zero-order chi connectivity index (χ0) is 14.0. The second kappa shape index (κ2) is 5.02. The van der Waals surface area contributed by atoms with Crippen molar-refractivity contribution in [3.8, 4) is 0 Å². The number of nitrogens with one attached hydrogen (secondary N) is 1. The number of nitrogens with two attached hydrogens (primary N) is 1. The van der Waals surface area contributed by atoms with Crippen LogP contribution in [0.4, 0.5) is 5.69 Å². The Bertz CT molecular complexity index is 665. The second-order valence-electron chi connectivity index (χ2n) is 4.27. The van der Waals surface area contributed by atoms with Gasteiger partial charge in [-0.1, -0.05) is 6.07 Å². The van der Waals surface area contributed by atoms with Gasteiger partial charge in [-0.05, 0) is 24.6 Å². The summed E-state index contributed by atoms with van der Waals surface area (Å²) < 4.78 is 26.2. The summed E-state index contributed by atoms with van der Waals surface area (Å²) in [6, 6.07) is 4.87. The normalized spacial score (nSPS) is 11.9. The number of H-pyrrole nitrogens is 1. The standard InChI is InChI=1S/C12H16N4O2S/c1-9-10(13)4-3-5-11(9)19(17,18)16(2)8-12-14-6-7-15-12/h3-7H,8,13H2,1-2H3,(H,14,15). The van der Waals surface area contributed by atoms with Crippen LogP contribution in [0.3, 0.4) is 0 Å². The number of nitrogens with zero attached hydrogens (tertiary/aromatic N) is 2. The van der Waals surface area contributed by atoms with E-state index in [4.69, 9.17) is 5.73 Å². The van der Waals surface area contributed by atoms with E-state index in [1.165, 1.54) is 11.4 Å². The lowest BCUT2D eigenvalue weighted by atomic mass is 10.2. The zero-order valence-electron chi connectivity index (χ0n) is 10.8. The first kappa shape index (κ1) is 13.6. The van der Waals surface area contributed by atoms with E-state index in [0.29, 0.717) is 17.1 Å². The van der Waals surface area contributed by atoms with Crippen LogP contribution in [-0.2, 0) is 16.6 Å². The molecule has 0 saturated carbocycles. The number of anilines is 1. The molecular weight excluding hydrogens is 264 g/mol. The minimum Gasteiger partial charge on any atom is -0.398 e. The number of nitrogen functional groups attached to an aromatic ring is 1. The zero-order valence-corrected chi connectivity index (χ0v) is 11.6. The first-order valence-electron chi connectivity index (χ1n) is 5.72. The highest BCUT2D eigenvalue weighted by Gasteiger charge is 2.24. The van der Waals surface area contributed by atoms with Crippen molar-refractivity contribution in [3.63, 3.8) is 0 Å². The fourth-order valence-corrected chi connectivity index (χ4v) is 3.14. The van der Waals surface area contributed by atoms with Gasteiger partial charge in [0.1, 0.15) is 5.82 Å². The van der Waals surface area contributed by atoms with Gasteiger partial charge in [0.15, 0.2) is 0 Å².